The van der Waals surface area contributed by atoms with Crippen molar-refractivity contribution < 1.29 is 9.47 Å². The maximum Gasteiger partial charge on any atom is 0.165 e. The molecule has 0 spiro atoms. The molecule has 1 saturated heterocycles. The number of nitrogens with zero attached hydrogens (tertiary/aromatic N) is 1. The number of hydrogen-bond acceptors (Lipinski definition) is 4. The highest BCUT2D eigenvalue weighted by Gasteiger charge is 2.29. The van der Waals surface area contributed by atoms with Gasteiger partial charge in [-0.2, -0.15) is 0 Å². The topological polar surface area (TPSA) is 33.7 Å². The van der Waals surface area contributed by atoms with Gasteiger partial charge in [0.25, 0.3) is 0 Å². The summed E-state index contributed by atoms with van der Waals surface area (Å²) in [6, 6.07) is 11.6. The highest BCUT2D eigenvalue weighted by Crippen LogP contribution is 2.42. The molecule has 1 aliphatic rings. The van der Waals surface area contributed by atoms with E-state index in [4.69, 9.17) is 32.7 Å². The van der Waals surface area contributed by atoms with Crippen molar-refractivity contribution in [2.45, 2.75) is 12.5 Å². The van der Waals surface area contributed by atoms with Crippen LogP contribution < -0.4 is 14.8 Å². The molecule has 0 amide bonds. The molecule has 0 aliphatic carbocycles. The van der Waals surface area contributed by atoms with Crippen LogP contribution >= 0.6 is 23.2 Å². The quantitative estimate of drug-likeness (QED) is 0.814. The monoisotopic (exact) mass is 394 g/mol. The Morgan fingerprint density at radius 1 is 1.00 bits per heavy atom. The van der Waals surface area contributed by atoms with E-state index in [1.54, 1.807) is 20.3 Å². The van der Waals surface area contributed by atoms with Gasteiger partial charge in [0.15, 0.2) is 11.5 Å². The zero-order valence-electron chi connectivity index (χ0n) is 15.1. The summed E-state index contributed by atoms with van der Waals surface area (Å²) in [6.45, 7) is 3.85. The maximum absolute atomic E-state index is 6.60. The van der Waals surface area contributed by atoms with Gasteiger partial charge in [-0.25, -0.2) is 0 Å². The Hall–Kier alpha value is -1.46. The lowest BCUT2D eigenvalue weighted by Gasteiger charge is -2.33. The second-order valence-corrected chi connectivity index (χ2v) is 7.13. The molecule has 1 heterocycles. The minimum Gasteiger partial charge on any atom is -0.493 e. The molecular weight excluding hydrogens is 371 g/mol. The van der Waals surface area contributed by atoms with Crippen molar-refractivity contribution >= 4 is 23.2 Å². The van der Waals surface area contributed by atoms with E-state index in [0.29, 0.717) is 15.8 Å². The Morgan fingerprint density at radius 3 is 2.58 bits per heavy atom. The molecule has 2 aromatic carbocycles. The van der Waals surface area contributed by atoms with Gasteiger partial charge in [-0.15, -0.1) is 0 Å². The molecular formula is C20H24Cl2N2O2. The van der Waals surface area contributed by atoms with E-state index < -0.39 is 0 Å². The summed E-state index contributed by atoms with van der Waals surface area (Å²) >= 11 is 12.7. The largest absolute Gasteiger partial charge is 0.493 e. The zero-order valence-corrected chi connectivity index (χ0v) is 16.6. The van der Waals surface area contributed by atoms with Crippen molar-refractivity contribution in [3.05, 3.63) is 57.6 Å². The van der Waals surface area contributed by atoms with Gasteiger partial charge < -0.3 is 14.8 Å². The fourth-order valence-electron chi connectivity index (χ4n) is 3.54. The molecule has 1 aliphatic heterocycles. The van der Waals surface area contributed by atoms with Crippen LogP contribution in [0, 0.1) is 0 Å². The summed E-state index contributed by atoms with van der Waals surface area (Å²) in [4.78, 5) is 2.44. The number of hydrogen-bond donors (Lipinski definition) is 1. The predicted molar refractivity (Wildman–Crippen MR) is 107 cm³/mol. The lowest BCUT2D eigenvalue weighted by Crippen LogP contribution is -2.33. The minimum atomic E-state index is -0.0373. The van der Waals surface area contributed by atoms with Gasteiger partial charge in [0.1, 0.15) is 0 Å². The number of halogens is 2. The second kappa shape index (κ2) is 8.96. The molecule has 0 aromatic heterocycles. The normalized spacial score (nSPS) is 16.8. The first-order valence-corrected chi connectivity index (χ1v) is 9.52. The number of benzene rings is 2. The molecule has 26 heavy (non-hydrogen) atoms. The Bertz CT molecular complexity index is 747. The molecule has 1 fully saturated rings. The average molecular weight is 395 g/mol. The number of nitrogens with one attached hydrogen (secondary N) is 1. The van der Waals surface area contributed by atoms with Crippen LogP contribution in [0.2, 0.25) is 10.0 Å². The molecule has 0 radical (unpaired) electrons. The molecule has 2 aromatic rings. The van der Waals surface area contributed by atoms with E-state index >= 15 is 0 Å². The van der Waals surface area contributed by atoms with Gasteiger partial charge in [0.05, 0.1) is 20.3 Å². The van der Waals surface area contributed by atoms with Gasteiger partial charge in [-0.05, 0) is 36.7 Å². The van der Waals surface area contributed by atoms with Crippen molar-refractivity contribution in [1.29, 1.82) is 0 Å². The Morgan fingerprint density at radius 2 is 1.85 bits per heavy atom. The van der Waals surface area contributed by atoms with Crippen molar-refractivity contribution in [3.8, 4) is 11.5 Å². The highest BCUT2D eigenvalue weighted by atomic mass is 35.5. The van der Waals surface area contributed by atoms with Crippen molar-refractivity contribution in [3.63, 3.8) is 0 Å². The van der Waals surface area contributed by atoms with E-state index in [1.165, 1.54) is 0 Å². The van der Waals surface area contributed by atoms with Crippen LogP contribution in [0.15, 0.2) is 36.4 Å². The highest BCUT2D eigenvalue weighted by molar-refractivity contribution is 6.35. The van der Waals surface area contributed by atoms with Gasteiger partial charge in [-0.1, -0.05) is 41.4 Å². The van der Waals surface area contributed by atoms with Crippen molar-refractivity contribution in [2.75, 3.05) is 40.4 Å². The Kier molecular flexibility index (Phi) is 6.65. The van der Waals surface area contributed by atoms with Gasteiger partial charge >= 0.3 is 0 Å². The Labute approximate surface area is 165 Å². The second-order valence-electron chi connectivity index (χ2n) is 6.29. The number of methoxy groups -OCH3 is 2. The van der Waals surface area contributed by atoms with Crippen LogP contribution in [0.1, 0.15) is 23.6 Å². The first-order chi connectivity index (χ1) is 12.7. The summed E-state index contributed by atoms with van der Waals surface area (Å²) in [5.41, 5.74) is 2.06. The lowest BCUT2D eigenvalue weighted by molar-refractivity contribution is 0.234. The predicted octanol–water partition coefficient (Wildman–Crippen LogP) is 4.40. The SMILES string of the molecule is COc1cccc(C(c2ccc(Cl)cc2Cl)N2CCCNCC2)c1OC. The summed E-state index contributed by atoms with van der Waals surface area (Å²) in [5, 5.41) is 4.75. The molecule has 1 N–H and O–H groups in total. The molecule has 0 saturated carbocycles. The zero-order chi connectivity index (χ0) is 18.5. The van der Waals surface area contributed by atoms with Gasteiger partial charge in [0.2, 0.25) is 0 Å². The standard InChI is InChI=1S/C20H24Cl2N2O2/c1-25-18-6-3-5-16(20(18)26-2)19(24-11-4-9-23-10-12-24)15-8-7-14(21)13-17(15)22/h3,5-8,13,19,23H,4,9-12H2,1-2H3. The van der Waals surface area contributed by atoms with E-state index in [1.807, 2.05) is 24.3 Å². The number of rotatable bonds is 5. The molecule has 140 valence electrons. The van der Waals surface area contributed by atoms with E-state index in [-0.39, 0.29) is 6.04 Å². The van der Waals surface area contributed by atoms with Crippen molar-refractivity contribution in [1.82, 2.24) is 10.2 Å². The van der Waals surface area contributed by atoms with Crippen LogP contribution in [0.25, 0.3) is 0 Å². The Balaban J connectivity index is 2.14. The number of ether oxygens (including phenoxy) is 2. The molecule has 1 unspecified atom stereocenters. The molecule has 3 rings (SSSR count). The molecule has 1 atom stereocenters. The smallest absolute Gasteiger partial charge is 0.165 e. The molecule has 4 nitrogen and oxygen atoms in total. The van der Waals surface area contributed by atoms with Gasteiger partial charge in [0, 0.05) is 35.2 Å². The minimum absolute atomic E-state index is 0.0373. The maximum atomic E-state index is 6.60. The van der Waals surface area contributed by atoms with Crippen LogP contribution in [0.3, 0.4) is 0 Å². The third-order valence-corrected chi connectivity index (χ3v) is 5.29. The van der Waals surface area contributed by atoms with Crippen LogP contribution in [0.4, 0.5) is 0 Å². The fraction of sp³-hybridized carbons (Fsp3) is 0.400. The first kappa shape index (κ1) is 19.3. The molecule has 0 bridgehead atoms. The molecule has 6 heteroatoms. The van der Waals surface area contributed by atoms with Crippen LogP contribution in [0.5, 0.6) is 11.5 Å². The van der Waals surface area contributed by atoms with E-state index in [0.717, 1.165) is 49.5 Å². The van der Waals surface area contributed by atoms with Crippen molar-refractivity contribution in [2.24, 2.45) is 0 Å². The summed E-state index contributed by atoms with van der Waals surface area (Å²) in [5.74, 6) is 1.45. The van der Waals surface area contributed by atoms with Gasteiger partial charge in [-0.3, -0.25) is 4.90 Å². The third-order valence-electron chi connectivity index (χ3n) is 4.72. The van der Waals surface area contributed by atoms with Crippen LogP contribution in [-0.4, -0.2) is 45.3 Å². The average Bonchev–Trinajstić information content (AvgIpc) is 2.92. The number of para-hydroxylation sites is 1. The fourth-order valence-corrected chi connectivity index (χ4v) is 4.05. The summed E-state index contributed by atoms with van der Waals surface area (Å²) < 4.78 is 11.2. The lowest BCUT2D eigenvalue weighted by atomic mass is 9.95. The third kappa shape index (κ3) is 4.09. The van der Waals surface area contributed by atoms with E-state index in [9.17, 15) is 0 Å². The first-order valence-electron chi connectivity index (χ1n) is 8.76. The summed E-state index contributed by atoms with van der Waals surface area (Å²) in [6.07, 6.45) is 1.08. The van der Waals surface area contributed by atoms with E-state index in [2.05, 4.69) is 16.3 Å². The van der Waals surface area contributed by atoms with Crippen LogP contribution in [-0.2, 0) is 0 Å². The summed E-state index contributed by atoms with van der Waals surface area (Å²) in [7, 11) is 3.33.